The lowest BCUT2D eigenvalue weighted by Gasteiger charge is -2.23. The highest BCUT2D eigenvalue weighted by molar-refractivity contribution is 6.10. The van der Waals surface area contributed by atoms with Gasteiger partial charge in [0.25, 0.3) is 5.91 Å². The van der Waals surface area contributed by atoms with Crippen LogP contribution in [0.3, 0.4) is 0 Å². The summed E-state index contributed by atoms with van der Waals surface area (Å²) in [7, 11) is 0. The van der Waals surface area contributed by atoms with Crippen LogP contribution in [0.15, 0.2) is 48.5 Å². The van der Waals surface area contributed by atoms with Gasteiger partial charge in [-0.05, 0) is 79.5 Å². The Balaban J connectivity index is 1.33. The normalized spacial score (nSPS) is 20.5. The van der Waals surface area contributed by atoms with E-state index in [1.807, 2.05) is 12.1 Å². The number of hydrogen-bond acceptors (Lipinski definition) is 4. The number of carbonyl (C=O) groups excluding carboxylic acids is 3. The molecule has 2 aromatic rings. The summed E-state index contributed by atoms with van der Waals surface area (Å²) in [4.78, 5) is 38.3. The maximum Gasteiger partial charge on any atom is 0.325 e. The van der Waals surface area contributed by atoms with E-state index < -0.39 is 17.5 Å². The molecule has 1 aliphatic carbocycles. The van der Waals surface area contributed by atoms with E-state index >= 15 is 0 Å². The second-order valence-corrected chi connectivity index (χ2v) is 9.73. The van der Waals surface area contributed by atoms with Gasteiger partial charge in [0, 0.05) is 5.69 Å². The Bertz CT molecular complexity index is 1060. The van der Waals surface area contributed by atoms with E-state index in [1.165, 1.54) is 5.56 Å². The lowest BCUT2D eigenvalue weighted by Crippen LogP contribution is -2.46. The number of ether oxygens (including phenoxy) is 1. The maximum atomic E-state index is 12.7. The third-order valence-electron chi connectivity index (χ3n) is 6.89. The molecule has 1 heterocycles. The third-order valence-corrected chi connectivity index (χ3v) is 6.89. The van der Waals surface area contributed by atoms with Gasteiger partial charge in [-0.1, -0.05) is 32.9 Å². The zero-order valence-corrected chi connectivity index (χ0v) is 19.6. The number of benzene rings is 2. The van der Waals surface area contributed by atoms with Crippen LogP contribution >= 0.6 is 0 Å². The SMILES string of the molecule is CCC(C)(C)c1ccc(Oc2ccc(NC(=O)CN3C(=O)N[C@@](C)(C4CC4)C3=O)cc2)cc1. The van der Waals surface area contributed by atoms with Crippen LogP contribution in [-0.4, -0.2) is 34.8 Å². The van der Waals surface area contributed by atoms with Crippen LogP contribution in [0.2, 0.25) is 0 Å². The van der Waals surface area contributed by atoms with Crippen molar-refractivity contribution in [2.24, 2.45) is 5.92 Å². The molecule has 1 atom stereocenters. The van der Waals surface area contributed by atoms with Gasteiger partial charge in [0.1, 0.15) is 23.6 Å². The van der Waals surface area contributed by atoms with Crippen LogP contribution in [0, 0.1) is 5.92 Å². The molecule has 174 valence electrons. The molecule has 2 aliphatic rings. The van der Waals surface area contributed by atoms with Crippen LogP contribution < -0.4 is 15.4 Å². The number of imide groups is 1. The summed E-state index contributed by atoms with van der Waals surface area (Å²) in [6.45, 7) is 8.03. The van der Waals surface area contributed by atoms with Crippen LogP contribution in [0.4, 0.5) is 10.5 Å². The Morgan fingerprint density at radius 1 is 1.09 bits per heavy atom. The smallest absolute Gasteiger partial charge is 0.325 e. The molecule has 1 aliphatic heterocycles. The second kappa shape index (κ2) is 8.54. The molecule has 0 aromatic heterocycles. The van der Waals surface area contributed by atoms with E-state index in [1.54, 1.807) is 31.2 Å². The molecule has 4 rings (SSSR count). The predicted molar refractivity (Wildman–Crippen MR) is 126 cm³/mol. The number of anilines is 1. The van der Waals surface area contributed by atoms with Gasteiger partial charge in [0.2, 0.25) is 5.91 Å². The van der Waals surface area contributed by atoms with Gasteiger partial charge in [0.05, 0.1) is 0 Å². The highest BCUT2D eigenvalue weighted by Crippen LogP contribution is 2.42. The highest BCUT2D eigenvalue weighted by Gasteiger charge is 2.56. The van der Waals surface area contributed by atoms with Gasteiger partial charge in [0.15, 0.2) is 0 Å². The van der Waals surface area contributed by atoms with Gasteiger partial charge < -0.3 is 15.4 Å². The molecule has 2 N–H and O–H groups in total. The summed E-state index contributed by atoms with van der Waals surface area (Å²) in [6.07, 6.45) is 2.88. The number of hydrogen-bond donors (Lipinski definition) is 2. The molecular formula is C26H31N3O4. The van der Waals surface area contributed by atoms with Gasteiger partial charge >= 0.3 is 6.03 Å². The van der Waals surface area contributed by atoms with Crippen molar-refractivity contribution in [1.82, 2.24) is 10.2 Å². The van der Waals surface area contributed by atoms with Crippen molar-refractivity contribution in [3.8, 4) is 11.5 Å². The Morgan fingerprint density at radius 3 is 2.21 bits per heavy atom. The van der Waals surface area contributed by atoms with Gasteiger partial charge in [-0.2, -0.15) is 0 Å². The fourth-order valence-electron chi connectivity index (χ4n) is 4.06. The minimum atomic E-state index is -0.888. The summed E-state index contributed by atoms with van der Waals surface area (Å²) in [5.74, 6) is 0.775. The highest BCUT2D eigenvalue weighted by atomic mass is 16.5. The Labute approximate surface area is 194 Å². The number of nitrogens with zero attached hydrogens (tertiary/aromatic N) is 1. The second-order valence-electron chi connectivity index (χ2n) is 9.73. The molecule has 2 fully saturated rings. The zero-order chi connectivity index (χ0) is 23.8. The molecule has 0 bridgehead atoms. The van der Waals surface area contributed by atoms with Crippen LogP contribution in [-0.2, 0) is 15.0 Å². The number of nitrogens with one attached hydrogen (secondary N) is 2. The van der Waals surface area contributed by atoms with Crippen molar-refractivity contribution in [1.29, 1.82) is 0 Å². The number of amides is 4. The average Bonchev–Trinajstić information content (AvgIpc) is 3.62. The summed E-state index contributed by atoms with van der Waals surface area (Å²) >= 11 is 0. The fourth-order valence-corrected chi connectivity index (χ4v) is 4.06. The summed E-state index contributed by atoms with van der Waals surface area (Å²) in [6, 6.07) is 14.5. The van der Waals surface area contributed by atoms with E-state index in [4.69, 9.17) is 4.74 Å². The molecule has 0 radical (unpaired) electrons. The number of urea groups is 1. The molecule has 0 unspecified atom stereocenters. The Hall–Kier alpha value is -3.35. The Kier molecular flexibility index (Phi) is 5.91. The fraction of sp³-hybridized carbons (Fsp3) is 0.423. The Morgan fingerprint density at radius 2 is 1.67 bits per heavy atom. The first-order valence-corrected chi connectivity index (χ1v) is 11.4. The first-order chi connectivity index (χ1) is 15.6. The van der Waals surface area contributed by atoms with E-state index in [0.717, 1.165) is 29.9 Å². The minimum absolute atomic E-state index is 0.120. The zero-order valence-electron chi connectivity index (χ0n) is 19.6. The van der Waals surface area contributed by atoms with Crippen molar-refractivity contribution in [2.75, 3.05) is 11.9 Å². The van der Waals surface area contributed by atoms with Crippen LogP contribution in [0.5, 0.6) is 11.5 Å². The first kappa shape index (κ1) is 22.8. The predicted octanol–water partition coefficient (Wildman–Crippen LogP) is 4.83. The molecule has 2 aromatic carbocycles. The van der Waals surface area contributed by atoms with E-state index in [2.05, 4.69) is 43.5 Å². The largest absolute Gasteiger partial charge is 0.457 e. The standard InChI is InChI=1S/C26H31N3O4/c1-5-25(2,3)17-8-12-20(13-9-17)33-21-14-10-19(11-15-21)27-22(30)16-29-23(31)26(4,18-6-7-18)28-24(29)32/h8-15,18H,5-7,16H2,1-4H3,(H,27,30)(H,28,32)/t26-/m0/s1. The molecule has 0 spiro atoms. The van der Waals surface area contributed by atoms with Crippen molar-refractivity contribution < 1.29 is 19.1 Å². The third kappa shape index (κ3) is 4.72. The lowest BCUT2D eigenvalue weighted by molar-refractivity contribution is -0.134. The minimum Gasteiger partial charge on any atom is -0.457 e. The first-order valence-electron chi connectivity index (χ1n) is 11.4. The van der Waals surface area contributed by atoms with Crippen molar-refractivity contribution >= 4 is 23.5 Å². The van der Waals surface area contributed by atoms with Crippen molar-refractivity contribution in [2.45, 2.75) is 57.9 Å². The molecule has 1 saturated carbocycles. The monoisotopic (exact) mass is 449 g/mol. The summed E-state index contributed by atoms with van der Waals surface area (Å²) in [5, 5.41) is 5.48. The van der Waals surface area contributed by atoms with Crippen LogP contribution in [0.1, 0.15) is 52.5 Å². The number of rotatable bonds is 8. The van der Waals surface area contributed by atoms with Gasteiger partial charge in [-0.3, -0.25) is 14.5 Å². The van der Waals surface area contributed by atoms with E-state index in [9.17, 15) is 14.4 Å². The molecular weight excluding hydrogens is 418 g/mol. The van der Waals surface area contributed by atoms with E-state index in [-0.39, 0.29) is 23.8 Å². The van der Waals surface area contributed by atoms with E-state index in [0.29, 0.717) is 11.4 Å². The molecule has 1 saturated heterocycles. The average molecular weight is 450 g/mol. The topological polar surface area (TPSA) is 87.7 Å². The van der Waals surface area contributed by atoms with Crippen molar-refractivity contribution in [3.63, 3.8) is 0 Å². The lowest BCUT2D eigenvalue weighted by atomic mass is 9.82. The van der Waals surface area contributed by atoms with Crippen molar-refractivity contribution in [3.05, 3.63) is 54.1 Å². The summed E-state index contributed by atoms with van der Waals surface area (Å²) in [5.41, 5.74) is 1.05. The molecule has 7 heteroatoms. The molecule has 7 nitrogen and oxygen atoms in total. The maximum absolute atomic E-state index is 12.7. The number of carbonyl (C=O) groups is 3. The van der Waals surface area contributed by atoms with Crippen LogP contribution in [0.25, 0.3) is 0 Å². The quantitative estimate of drug-likeness (QED) is 0.565. The van der Waals surface area contributed by atoms with Gasteiger partial charge in [-0.25, -0.2) is 4.79 Å². The van der Waals surface area contributed by atoms with Gasteiger partial charge in [-0.15, -0.1) is 0 Å². The molecule has 4 amide bonds. The molecule has 33 heavy (non-hydrogen) atoms. The summed E-state index contributed by atoms with van der Waals surface area (Å²) < 4.78 is 5.91.